The fourth-order valence-corrected chi connectivity index (χ4v) is 4.20. The summed E-state index contributed by atoms with van der Waals surface area (Å²) in [6, 6.07) is 5.13. The van der Waals surface area contributed by atoms with Crippen molar-refractivity contribution < 1.29 is 19.1 Å². The smallest absolute Gasteiger partial charge is 0.251 e. The van der Waals surface area contributed by atoms with Crippen LogP contribution in [0.15, 0.2) is 24.3 Å². The van der Waals surface area contributed by atoms with Crippen molar-refractivity contribution in [1.29, 1.82) is 0 Å². The van der Waals surface area contributed by atoms with Crippen molar-refractivity contribution in [3.8, 4) is 5.75 Å². The van der Waals surface area contributed by atoms with Gasteiger partial charge in [-0.05, 0) is 37.1 Å². The molecule has 0 radical (unpaired) electrons. The Morgan fingerprint density at radius 3 is 2.62 bits per heavy atom. The van der Waals surface area contributed by atoms with Gasteiger partial charge in [0.15, 0.2) is 0 Å². The fourth-order valence-electron chi connectivity index (χ4n) is 4.20. The molecule has 3 heterocycles. The summed E-state index contributed by atoms with van der Waals surface area (Å²) in [6.45, 7) is 0.876. The molecule has 3 saturated heterocycles. The molecule has 0 aromatic heterocycles. The first-order chi connectivity index (χ1) is 12.5. The van der Waals surface area contributed by atoms with E-state index in [2.05, 4.69) is 5.32 Å². The highest BCUT2D eigenvalue weighted by Crippen LogP contribution is 2.32. The van der Waals surface area contributed by atoms with Crippen molar-refractivity contribution in [2.45, 2.75) is 37.0 Å². The summed E-state index contributed by atoms with van der Waals surface area (Å²) in [4.78, 5) is 41.3. The highest BCUT2D eigenvalue weighted by atomic mass is 16.5. The van der Waals surface area contributed by atoms with Gasteiger partial charge in [-0.2, -0.15) is 0 Å². The number of hydrogen-bond acceptors (Lipinski definition) is 5. The third kappa shape index (κ3) is 2.61. The molecule has 8 heteroatoms. The number of hydrogen-bond donors (Lipinski definition) is 2. The fraction of sp³-hybridized carbons (Fsp3) is 0.500. The van der Waals surface area contributed by atoms with E-state index in [9.17, 15) is 14.4 Å². The Balaban J connectivity index is 1.50. The minimum absolute atomic E-state index is 0.0521. The molecular weight excluding hydrogens is 336 g/mol. The van der Waals surface area contributed by atoms with Crippen LogP contribution in [0.4, 0.5) is 0 Å². The molecule has 3 amide bonds. The zero-order valence-electron chi connectivity index (χ0n) is 14.6. The molecule has 4 rings (SSSR count). The van der Waals surface area contributed by atoms with Crippen LogP contribution in [0.1, 0.15) is 23.2 Å². The standard InChI is InChI=1S/C18H22N4O4/c1-26-12-4-2-10(3-5-12)16(23)20-13-6-7-21-15(13)18(25)22-9-11(19)8-14(22)17(21)24/h2-5,11,13-15H,6-9,19H2,1H3,(H,20,23)/t11-,13-,14-,15-/m0/s1. The number of benzene rings is 1. The Morgan fingerprint density at radius 2 is 1.92 bits per heavy atom. The highest BCUT2D eigenvalue weighted by Gasteiger charge is 2.54. The largest absolute Gasteiger partial charge is 0.497 e. The van der Waals surface area contributed by atoms with Gasteiger partial charge in [0.25, 0.3) is 5.91 Å². The van der Waals surface area contributed by atoms with E-state index >= 15 is 0 Å². The van der Waals surface area contributed by atoms with E-state index in [4.69, 9.17) is 10.5 Å². The molecule has 3 aliphatic heterocycles. The third-order valence-electron chi connectivity index (χ3n) is 5.50. The van der Waals surface area contributed by atoms with E-state index in [1.165, 1.54) is 0 Å². The van der Waals surface area contributed by atoms with Crippen LogP contribution in [0.25, 0.3) is 0 Å². The summed E-state index contributed by atoms with van der Waals surface area (Å²) in [7, 11) is 1.56. The lowest BCUT2D eigenvalue weighted by molar-refractivity contribution is -0.157. The Labute approximate surface area is 151 Å². The van der Waals surface area contributed by atoms with Gasteiger partial charge in [0, 0.05) is 24.7 Å². The molecule has 3 aliphatic rings. The number of fused-ring (bicyclic) bond motifs is 2. The van der Waals surface area contributed by atoms with Gasteiger partial charge in [0.1, 0.15) is 17.8 Å². The zero-order chi connectivity index (χ0) is 18.4. The van der Waals surface area contributed by atoms with Gasteiger partial charge in [0.2, 0.25) is 11.8 Å². The second kappa shape index (κ2) is 6.28. The van der Waals surface area contributed by atoms with Gasteiger partial charge < -0.3 is 25.6 Å². The zero-order valence-corrected chi connectivity index (χ0v) is 14.6. The van der Waals surface area contributed by atoms with Crippen LogP contribution in [0, 0.1) is 0 Å². The second-order valence-corrected chi connectivity index (χ2v) is 7.08. The predicted octanol–water partition coefficient (Wildman–Crippen LogP) is -0.664. The van der Waals surface area contributed by atoms with Gasteiger partial charge in [-0.3, -0.25) is 14.4 Å². The van der Waals surface area contributed by atoms with Crippen LogP contribution in [0.3, 0.4) is 0 Å². The first-order valence-electron chi connectivity index (χ1n) is 8.81. The minimum Gasteiger partial charge on any atom is -0.497 e. The van der Waals surface area contributed by atoms with Crippen LogP contribution >= 0.6 is 0 Å². The summed E-state index contributed by atoms with van der Waals surface area (Å²) >= 11 is 0. The Bertz CT molecular complexity index is 750. The van der Waals surface area contributed by atoms with E-state index < -0.39 is 12.1 Å². The van der Waals surface area contributed by atoms with E-state index in [0.717, 1.165) is 0 Å². The monoisotopic (exact) mass is 358 g/mol. The number of nitrogens with two attached hydrogens (primary N) is 1. The number of methoxy groups -OCH3 is 1. The van der Waals surface area contributed by atoms with E-state index in [-0.39, 0.29) is 29.8 Å². The Hall–Kier alpha value is -2.61. The van der Waals surface area contributed by atoms with Crippen LogP contribution in [-0.2, 0) is 9.59 Å². The number of carbonyl (C=O) groups excluding carboxylic acids is 3. The summed E-state index contributed by atoms with van der Waals surface area (Å²) < 4.78 is 5.09. The van der Waals surface area contributed by atoms with Crippen LogP contribution in [-0.4, -0.2) is 71.9 Å². The van der Waals surface area contributed by atoms with Gasteiger partial charge in [0.05, 0.1) is 13.2 Å². The van der Waals surface area contributed by atoms with E-state index in [1.807, 2.05) is 0 Å². The average molecular weight is 358 g/mol. The van der Waals surface area contributed by atoms with Crippen molar-refractivity contribution in [2.24, 2.45) is 5.73 Å². The third-order valence-corrected chi connectivity index (χ3v) is 5.50. The lowest BCUT2D eigenvalue weighted by atomic mass is 10.0. The lowest BCUT2D eigenvalue weighted by Crippen LogP contribution is -2.64. The van der Waals surface area contributed by atoms with Crippen LogP contribution in [0.5, 0.6) is 5.75 Å². The Kier molecular flexibility index (Phi) is 4.07. The molecule has 0 spiro atoms. The summed E-state index contributed by atoms with van der Waals surface area (Å²) in [5.41, 5.74) is 6.43. The number of nitrogens with zero attached hydrogens (tertiary/aromatic N) is 2. The molecule has 3 N–H and O–H groups in total. The number of piperazine rings is 1. The van der Waals surface area contributed by atoms with Gasteiger partial charge in [-0.15, -0.1) is 0 Å². The minimum atomic E-state index is -0.633. The van der Waals surface area contributed by atoms with Crippen LogP contribution < -0.4 is 15.8 Å². The maximum Gasteiger partial charge on any atom is 0.251 e. The first-order valence-corrected chi connectivity index (χ1v) is 8.81. The summed E-state index contributed by atoms with van der Waals surface area (Å²) in [5.74, 6) is 0.238. The van der Waals surface area contributed by atoms with Crippen molar-refractivity contribution in [3.63, 3.8) is 0 Å². The molecule has 0 aliphatic carbocycles. The lowest BCUT2D eigenvalue weighted by Gasteiger charge is -2.40. The van der Waals surface area contributed by atoms with Gasteiger partial charge in [-0.1, -0.05) is 0 Å². The predicted molar refractivity (Wildman–Crippen MR) is 92.5 cm³/mol. The number of rotatable bonds is 3. The SMILES string of the molecule is COc1ccc(C(=O)N[C@H]2CCN3C(=O)[C@@H]4C[C@H](N)CN4C(=O)[C@H]23)cc1. The molecule has 8 nitrogen and oxygen atoms in total. The quantitative estimate of drug-likeness (QED) is 0.746. The first kappa shape index (κ1) is 16.8. The van der Waals surface area contributed by atoms with Crippen LogP contribution in [0.2, 0.25) is 0 Å². The molecule has 0 bridgehead atoms. The summed E-state index contributed by atoms with van der Waals surface area (Å²) in [6.07, 6.45) is 1.08. The molecule has 3 fully saturated rings. The maximum absolute atomic E-state index is 12.9. The number of ether oxygens (including phenoxy) is 1. The maximum atomic E-state index is 12.9. The van der Waals surface area contributed by atoms with Gasteiger partial charge in [-0.25, -0.2) is 0 Å². The average Bonchev–Trinajstić information content (AvgIpc) is 3.24. The molecule has 0 saturated carbocycles. The molecule has 138 valence electrons. The van der Waals surface area contributed by atoms with E-state index in [0.29, 0.717) is 37.2 Å². The molecule has 4 atom stereocenters. The summed E-state index contributed by atoms with van der Waals surface area (Å²) in [5, 5.41) is 2.92. The number of amides is 3. The number of nitrogens with one attached hydrogen (secondary N) is 1. The Morgan fingerprint density at radius 1 is 1.19 bits per heavy atom. The molecule has 1 aromatic carbocycles. The molecular formula is C18H22N4O4. The van der Waals surface area contributed by atoms with Gasteiger partial charge >= 0.3 is 0 Å². The normalized spacial score (nSPS) is 30.2. The topological polar surface area (TPSA) is 105 Å². The molecule has 0 unspecified atom stereocenters. The molecule has 26 heavy (non-hydrogen) atoms. The highest BCUT2D eigenvalue weighted by molar-refractivity contribution is 6.00. The van der Waals surface area contributed by atoms with Crippen molar-refractivity contribution in [1.82, 2.24) is 15.1 Å². The van der Waals surface area contributed by atoms with Crippen molar-refractivity contribution >= 4 is 17.7 Å². The van der Waals surface area contributed by atoms with E-state index in [1.54, 1.807) is 41.2 Å². The molecule has 1 aromatic rings. The van der Waals surface area contributed by atoms with Crippen molar-refractivity contribution in [3.05, 3.63) is 29.8 Å². The number of carbonyl (C=O) groups is 3. The second-order valence-electron chi connectivity index (χ2n) is 7.08. The van der Waals surface area contributed by atoms with Crippen molar-refractivity contribution in [2.75, 3.05) is 20.2 Å².